The second-order valence-corrected chi connectivity index (χ2v) is 6.09. The minimum Gasteiger partial charge on any atom is -0.445 e. The fourth-order valence-electron chi connectivity index (χ4n) is 2.73. The molecule has 1 aliphatic carbocycles. The molecule has 1 aliphatic rings. The van der Waals surface area contributed by atoms with Crippen LogP contribution in [0.3, 0.4) is 0 Å². The summed E-state index contributed by atoms with van der Waals surface area (Å²) in [6.45, 7) is 10.8. The lowest BCUT2D eigenvalue weighted by molar-refractivity contribution is 0.0851. The summed E-state index contributed by atoms with van der Waals surface area (Å²) in [4.78, 5) is 13.9. The Hall–Kier alpha value is -0.990. The van der Waals surface area contributed by atoms with Crippen molar-refractivity contribution in [2.24, 2.45) is 0 Å². The van der Waals surface area contributed by atoms with E-state index in [9.17, 15) is 4.79 Å². The molecule has 0 saturated carbocycles. The van der Waals surface area contributed by atoms with Gasteiger partial charge in [-0.25, -0.2) is 4.79 Å². The number of hydrogen-bond donors (Lipinski definition) is 0. The fraction of sp³-hybridized carbons (Fsp3) is 0.812. The Morgan fingerprint density at radius 2 is 1.68 bits per heavy atom. The summed E-state index contributed by atoms with van der Waals surface area (Å²) >= 11 is 0. The topological polar surface area (TPSA) is 29.5 Å². The lowest BCUT2D eigenvalue weighted by atomic mass is 10.1. The number of ether oxygens (including phenoxy) is 1. The number of carbonyl (C=O) groups is 1. The van der Waals surface area contributed by atoms with E-state index >= 15 is 0 Å². The van der Waals surface area contributed by atoms with Gasteiger partial charge >= 0.3 is 6.09 Å². The van der Waals surface area contributed by atoms with E-state index in [1.54, 1.807) is 4.90 Å². The van der Waals surface area contributed by atoms with Gasteiger partial charge in [-0.05, 0) is 65.9 Å². The van der Waals surface area contributed by atoms with Crippen LogP contribution in [0.15, 0.2) is 11.1 Å². The van der Waals surface area contributed by atoms with Crippen molar-refractivity contribution in [3.8, 4) is 0 Å². The number of amides is 1. The first-order valence-corrected chi connectivity index (χ1v) is 7.56. The predicted octanol–water partition coefficient (Wildman–Crippen LogP) is 4.52. The molecule has 0 atom stereocenters. The van der Waals surface area contributed by atoms with E-state index in [1.807, 2.05) is 27.7 Å². The lowest BCUT2D eigenvalue weighted by Gasteiger charge is -2.30. The summed E-state index contributed by atoms with van der Waals surface area (Å²) in [5.74, 6) is 0. The number of rotatable bonds is 4. The molecule has 0 N–H and O–H groups in total. The van der Waals surface area contributed by atoms with Gasteiger partial charge in [-0.15, -0.1) is 0 Å². The molecular formula is C16H29NO2. The van der Waals surface area contributed by atoms with Crippen LogP contribution >= 0.6 is 0 Å². The molecule has 0 fully saturated rings. The molecule has 0 aromatic rings. The second-order valence-electron chi connectivity index (χ2n) is 6.09. The Labute approximate surface area is 118 Å². The Kier molecular flexibility index (Phi) is 6.40. The minimum absolute atomic E-state index is 0.178. The zero-order valence-electron chi connectivity index (χ0n) is 13.2. The van der Waals surface area contributed by atoms with E-state index < -0.39 is 0 Å². The smallest absolute Gasteiger partial charge is 0.410 e. The molecule has 0 aromatic heterocycles. The van der Waals surface area contributed by atoms with E-state index in [-0.39, 0.29) is 18.2 Å². The standard InChI is InChI=1S/C16H29NO2/c1-12(2)17(13(3)4)16(18)19-11-15-10-8-6-7-9-14(15)5/h12-13H,6-11H2,1-5H3. The van der Waals surface area contributed by atoms with Gasteiger partial charge in [0.25, 0.3) is 0 Å². The van der Waals surface area contributed by atoms with Crippen molar-refractivity contribution < 1.29 is 9.53 Å². The van der Waals surface area contributed by atoms with Crippen molar-refractivity contribution in [3.05, 3.63) is 11.1 Å². The quantitative estimate of drug-likeness (QED) is 0.701. The van der Waals surface area contributed by atoms with Crippen LogP contribution in [0.25, 0.3) is 0 Å². The van der Waals surface area contributed by atoms with Gasteiger partial charge in [0, 0.05) is 12.1 Å². The van der Waals surface area contributed by atoms with Crippen molar-refractivity contribution in [3.63, 3.8) is 0 Å². The molecule has 0 aromatic carbocycles. The highest BCUT2D eigenvalue weighted by atomic mass is 16.6. The van der Waals surface area contributed by atoms with Crippen molar-refractivity contribution >= 4 is 6.09 Å². The van der Waals surface area contributed by atoms with E-state index in [0.717, 1.165) is 12.8 Å². The van der Waals surface area contributed by atoms with Crippen LogP contribution in [0.2, 0.25) is 0 Å². The van der Waals surface area contributed by atoms with Gasteiger partial charge < -0.3 is 9.64 Å². The minimum atomic E-state index is -0.186. The molecule has 1 amide bonds. The highest BCUT2D eigenvalue weighted by Crippen LogP contribution is 2.23. The van der Waals surface area contributed by atoms with Crippen LogP contribution in [0.4, 0.5) is 4.79 Å². The molecular weight excluding hydrogens is 238 g/mol. The van der Waals surface area contributed by atoms with Crippen LogP contribution in [-0.4, -0.2) is 29.7 Å². The SMILES string of the molecule is CC1=C(COC(=O)N(C(C)C)C(C)C)CCCCC1. The summed E-state index contributed by atoms with van der Waals surface area (Å²) < 4.78 is 5.52. The number of allylic oxidation sites excluding steroid dienone is 1. The van der Waals surface area contributed by atoms with Crippen molar-refractivity contribution in [2.75, 3.05) is 6.61 Å². The average Bonchev–Trinajstić information content (AvgIpc) is 2.50. The van der Waals surface area contributed by atoms with Gasteiger partial charge in [-0.3, -0.25) is 0 Å². The average molecular weight is 267 g/mol. The van der Waals surface area contributed by atoms with Crippen LogP contribution < -0.4 is 0 Å². The number of carbonyl (C=O) groups excluding carboxylic acids is 1. The molecule has 110 valence electrons. The Morgan fingerprint density at radius 3 is 2.26 bits per heavy atom. The third-order valence-corrected chi connectivity index (χ3v) is 3.83. The Bertz CT molecular complexity index is 324. The van der Waals surface area contributed by atoms with E-state index in [4.69, 9.17) is 4.74 Å². The maximum atomic E-state index is 12.1. The molecule has 0 radical (unpaired) electrons. The predicted molar refractivity (Wildman–Crippen MR) is 79.2 cm³/mol. The molecule has 3 heteroatoms. The monoisotopic (exact) mass is 267 g/mol. The molecule has 1 rings (SSSR count). The van der Waals surface area contributed by atoms with E-state index in [1.165, 1.54) is 30.4 Å². The second kappa shape index (κ2) is 7.56. The highest BCUT2D eigenvalue weighted by molar-refractivity contribution is 5.68. The third-order valence-electron chi connectivity index (χ3n) is 3.83. The van der Waals surface area contributed by atoms with Gasteiger partial charge in [-0.1, -0.05) is 12.0 Å². The van der Waals surface area contributed by atoms with Crippen LogP contribution in [0.5, 0.6) is 0 Å². The fourth-order valence-corrected chi connectivity index (χ4v) is 2.73. The van der Waals surface area contributed by atoms with Crippen molar-refractivity contribution in [1.82, 2.24) is 4.90 Å². The number of hydrogen-bond acceptors (Lipinski definition) is 2. The normalized spacial score (nSPS) is 16.8. The summed E-state index contributed by atoms with van der Waals surface area (Å²) in [5, 5.41) is 0. The largest absolute Gasteiger partial charge is 0.445 e. The van der Waals surface area contributed by atoms with Crippen LogP contribution in [0, 0.1) is 0 Å². The van der Waals surface area contributed by atoms with Gasteiger partial charge in [0.05, 0.1) is 0 Å². The van der Waals surface area contributed by atoms with E-state index in [0.29, 0.717) is 6.61 Å². The first kappa shape index (κ1) is 16.1. The van der Waals surface area contributed by atoms with Crippen LogP contribution in [0.1, 0.15) is 66.7 Å². The lowest BCUT2D eigenvalue weighted by Crippen LogP contribution is -2.42. The molecule has 19 heavy (non-hydrogen) atoms. The van der Waals surface area contributed by atoms with Crippen molar-refractivity contribution in [1.29, 1.82) is 0 Å². The molecule has 0 heterocycles. The highest BCUT2D eigenvalue weighted by Gasteiger charge is 2.22. The first-order chi connectivity index (χ1) is 8.93. The molecule has 0 unspecified atom stereocenters. The zero-order chi connectivity index (χ0) is 14.4. The molecule has 0 bridgehead atoms. The zero-order valence-corrected chi connectivity index (χ0v) is 13.2. The summed E-state index contributed by atoms with van der Waals surface area (Å²) in [6, 6.07) is 0.355. The maximum Gasteiger partial charge on any atom is 0.410 e. The third kappa shape index (κ3) is 4.88. The first-order valence-electron chi connectivity index (χ1n) is 7.56. The van der Waals surface area contributed by atoms with Gasteiger partial charge in [0.1, 0.15) is 6.61 Å². The van der Waals surface area contributed by atoms with Gasteiger partial charge in [0.15, 0.2) is 0 Å². The number of nitrogens with zero attached hydrogens (tertiary/aromatic N) is 1. The molecule has 0 saturated heterocycles. The summed E-state index contributed by atoms with van der Waals surface area (Å²) in [6.07, 6.45) is 5.84. The summed E-state index contributed by atoms with van der Waals surface area (Å²) in [5.41, 5.74) is 2.75. The van der Waals surface area contributed by atoms with E-state index in [2.05, 4.69) is 6.92 Å². The maximum absolute atomic E-state index is 12.1. The van der Waals surface area contributed by atoms with Gasteiger partial charge in [-0.2, -0.15) is 0 Å². The summed E-state index contributed by atoms with van der Waals surface area (Å²) in [7, 11) is 0. The Balaban J connectivity index is 2.57. The molecule has 0 aliphatic heterocycles. The molecule has 3 nitrogen and oxygen atoms in total. The van der Waals surface area contributed by atoms with Gasteiger partial charge in [0.2, 0.25) is 0 Å². The Morgan fingerprint density at radius 1 is 1.11 bits per heavy atom. The van der Waals surface area contributed by atoms with Crippen LogP contribution in [-0.2, 0) is 4.74 Å². The molecule has 0 spiro atoms. The van der Waals surface area contributed by atoms with Crippen molar-refractivity contribution in [2.45, 2.75) is 78.8 Å².